The summed E-state index contributed by atoms with van der Waals surface area (Å²) in [6, 6.07) is 65.5. The Labute approximate surface area is 293 Å². The van der Waals surface area contributed by atoms with Gasteiger partial charge in [-0.15, -0.1) is 0 Å². The fraction of sp³-hybridized carbons (Fsp3) is 0. The molecule has 3 aromatic heterocycles. The van der Waals surface area contributed by atoms with Gasteiger partial charge in [-0.05, 0) is 82.9 Å². The van der Waals surface area contributed by atoms with Crippen LogP contribution in [0, 0.1) is 0 Å². The van der Waals surface area contributed by atoms with Gasteiger partial charge in [-0.1, -0.05) is 121 Å². The number of hydrogen-bond acceptors (Lipinski definition) is 1. The SMILES string of the molecule is c1ccc(-c2cc3c4ccccc4n(-c4cccc5c4oc4ccccc45)c3cc2-c2ccc3c(c2)c2ccccc2n3-c2ccccc2)cc1. The molecule has 0 saturated carbocycles. The summed E-state index contributed by atoms with van der Waals surface area (Å²) in [6.45, 7) is 0. The Morgan fingerprint density at radius 2 is 0.922 bits per heavy atom. The molecule has 8 aromatic carbocycles. The monoisotopic (exact) mass is 650 g/mol. The van der Waals surface area contributed by atoms with Gasteiger partial charge in [-0.2, -0.15) is 0 Å². The smallest absolute Gasteiger partial charge is 0.159 e. The van der Waals surface area contributed by atoms with Crippen LogP contribution in [0.25, 0.3) is 99.2 Å². The third kappa shape index (κ3) is 4.12. The Morgan fingerprint density at radius 3 is 1.71 bits per heavy atom. The minimum absolute atomic E-state index is 0.894. The number of hydrogen-bond donors (Lipinski definition) is 0. The fourth-order valence-corrected chi connectivity index (χ4v) is 8.27. The van der Waals surface area contributed by atoms with Gasteiger partial charge in [0.1, 0.15) is 5.58 Å². The van der Waals surface area contributed by atoms with Crippen LogP contribution >= 0.6 is 0 Å². The van der Waals surface area contributed by atoms with Crippen molar-refractivity contribution in [2.45, 2.75) is 0 Å². The largest absolute Gasteiger partial charge is 0.454 e. The van der Waals surface area contributed by atoms with Crippen LogP contribution in [-0.2, 0) is 0 Å². The minimum Gasteiger partial charge on any atom is -0.454 e. The van der Waals surface area contributed by atoms with Gasteiger partial charge in [-0.3, -0.25) is 0 Å². The van der Waals surface area contributed by atoms with Crippen LogP contribution in [0.5, 0.6) is 0 Å². The van der Waals surface area contributed by atoms with E-state index in [0.29, 0.717) is 0 Å². The summed E-state index contributed by atoms with van der Waals surface area (Å²) in [4.78, 5) is 0. The first kappa shape index (κ1) is 28.0. The number of aromatic nitrogens is 2. The van der Waals surface area contributed by atoms with E-state index in [9.17, 15) is 0 Å². The Kier molecular flexibility index (Phi) is 5.96. The maximum atomic E-state index is 6.62. The van der Waals surface area contributed by atoms with Gasteiger partial charge < -0.3 is 13.6 Å². The molecule has 0 unspecified atom stereocenters. The van der Waals surface area contributed by atoms with E-state index < -0.39 is 0 Å². The zero-order valence-corrected chi connectivity index (χ0v) is 27.6. The molecule has 0 aliphatic heterocycles. The first-order chi connectivity index (χ1) is 25.3. The van der Waals surface area contributed by atoms with Crippen LogP contribution in [0.4, 0.5) is 0 Å². The molecule has 11 rings (SSSR count). The molecule has 51 heavy (non-hydrogen) atoms. The summed E-state index contributed by atoms with van der Waals surface area (Å²) in [5, 5.41) is 7.15. The number of nitrogens with zero attached hydrogens (tertiary/aromatic N) is 2. The first-order valence-corrected chi connectivity index (χ1v) is 17.4. The van der Waals surface area contributed by atoms with E-state index in [0.717, 1.165) is 44.3 Å². The standard InChI is InChI=1S/C48H30N2O/c1-3-14-31(15-4-1)38-29-41-35-19-8-11-23-43(35)50(45-24-13-21-37-36-20-9-12-25-47(36)51-48(37)45)46(41)30-39(38)32-26-27-44-40(28-32)34-18-7-10-22-42(34)49(44)33-16-5-2-6-17-33/h1-30H. The van der Waals surface area contributed by atoms with Crippen molar-refractivity contribution in [2.75, 3.05) is 0 Å². The molecule has 0 spiro atoms. The molecule has 0 aliphatic rings. The van der Waals surface area contributed by atoms with Crippen LogP contribution < -0.4 is 0 Å². The van der Waals surface area contributed by atoms with E-state index in [1.54, 1.807) is 0 Å². The van der Waals surface area contributed by atoms with Crippen molar-refractivity contribution in [2.24, 2.45) is 0 Å². The lowest BCUT2D eigenvalue weighted by molar-refractivity contribution is 0.666. The Morgan fingerprint density at radius 1 is 0.333 bits per heavy atom. The topological polar surface area (TPSA) is 23.0 Å². The summed E-state index contributed by atoms with van der Waals surface area (Å²) < 4.78 is 11.4. The molecule has 0 aliphatic carbocycles. The zero-order valence-electron chi connectivity index (χ0n) is 27.6. The maximum Gasteiger partial charge on any atom is 0.159 e. The second-order valence-corrected chi connectivity index (χ2v) is 13.3. The number of benzene rings is 8. The highest BCUT2D eigenvalue weighted by Crippen LogP contribution is 2.44. The lowest BCUT2D eigenvalue weighted by Gasteiger charge is -2.14. The third-order valence-corrected chi connectivity index (χ3v) is 10.5. The normalized spacial score (nSPS) is 11.9. The van der Waals surface area contributed by atoms with Gasteiger partial charge >= 0.3 is 0 Å². The van der Waals surface area contributed by atoms with E-state index >= 15 is 0 Å². The van der Waals surface area contributed by atoms with Gasteiger partial charge in [0, 0.05) is 38.0 Å². The van der Waals surface area contributed by atoms with E-state index in [-0.39, 0.29) is 0 Å². The first-order valence-electron chi connectivity index (χ1n) is 17.4. The molecule has 0 fully saturated rings. The highest BCUT2D eigenvalue weighted by atomic mass is 16.3. The zero-order chi connectivity index (χ0) is 33.5. The molecule has 0 atom stereocenters. The molecular formula is C48H30N2O. The van der Waals surface area contributed by atoms with Crippen molar-refractivity contribution < 1.29 is 4.42 Å². The maximum absolute atomic E-state index is 6.62. The molecular weight excluding hydrogens is 621 g/mol. The average molecular weight is 651 g/mol. The van der Waals surface area contributed by atoms with Crippen molar-refractivity contribution in [3.8, 4) is 33.6 Å². The Hall–Kier alpha value is -6.84. The summed E-state index contributed by atoms with van der Waals surface area (Å²) in [7, 11) is 0. The summed E-state index contributed by atoms with van der Waals surface area (Å²) >= 11 is 0. The van der Waals surface area contributed by atoms with Crippen molar-refractivity contribution in [1.82, 2.24) is 9.13 Å². The van der Waals surface area contributed by atoms with Crippen molar-refractivity contribution in [3.05, 3.63) is 182 Å². The molecule has 0 saturated heterocycles. The van der Waals surface area contributed by atoms with Gasteiger partial charge in [0.25, 0.3) is 0 Å². The third-order valence-electron chi connectivity index (χ3n) is 10.5. The lowest BCUT2D eigenvalue weighted by atomic mass is 9.92. The van der Waals surface area contributed by atoms with Crippen LogP contribution in [0.2, 0.25) is 0 Å². The lowest BCUT2D eigenvalue weighted by Crippen LogP contribution is -1.95. The van der Waals surface area contributed by atoms with Gasteiger partial charge in [0.15, 0.2) is 5.58 Å². The molecule has 0 bridgehead atoms. The number of para-hydroxylation sites is 5. The Bertz CT molecular complexity index is 3130. The average Bonchev–Trinajstić information content (AvgIpc) is 3.85. The predicted molar refractivity (Wildman–Crippen MR) is 213 cm³/mol. The number of rotatable bonds is 4. The number of fused-ring (bicyclic) bond motifs is 9. The van der Waals surface area contributed by atoms with Crippen LogP contribution in [0.1, 0.15) is 0 Å². The molecule has 3 nitrogen and oxygen atoms in total. The quantitative estimate of drug-likeness (QED) is 0.186. The van der Waals surface area contributed by atoms with Crippen LogP contribution in [0.3, 0.4) is 0 Å². The summed E-state index contributed by atoms with van der Waals surface area (Å²) in [5.74, 6) is 0. The minimum atomic E-state index is 0.894. The molecule has 11 aromatic rings. The fourth-order valence-electron chi connectivity index (χ4n) is 8.27. The van der Waals surface area contributed by atoms with Crippen molar-refractivity contribution in [3.63, 3.8) is 0 Å². The molecule has 238 valence electrons. The molecule has 0 radical (unpaired) electrons. The highest BCUT2D eigenvalue weighted by Gasteiger charge is 2.21. The summed E-state index contributed by atoms with van der Waals surface area (Å²) in [6.07, 6.45) is 0. The van der Waals surface area contributed by atoms with Gasteiger partial charge in [0.05, 0.1) is 27.8 Å². The van der Waals surface area contributed by atoms with Crippen molar-refractivity contribution >= 4 is 65.6 Å². The second kappa shape index (κ2) is 10.8. The molecule has 0 N–H and O–H groups in total. The Balaban J connectivity index is 1.24. The number of furan rings is 1. The van der Waals surface area contributed by atoms with E-state index in [2.05, 4.69) is 185 Å². The second-order valence-electron chi connectivity index (χ2n) is 13.3. The van der Waals surface area contributed by atoms with E-state index in [1.807, 2.05) is 6.07 Å². The van der Waals surface area contributed by atoms with Crippen molar-refractivity contribution in [1.29, 1.82) is 0 Å². The molecule has 3 heteroatoms. The van der Waals surface area contributed by atoms with E-state index in [4.69, 9.17) is 4.42 Å². The van der Waals surface area contributed by atoms with E-state index in [1.165, 1.54) is 54.8 Å². The molecule has 0 amide bonds. The van der Waals surface area contributed by atoms with Crippen LogP contribution in [0.15, 0.2) is 186 Å². The molecule has 3 heterocycles. The van der Waals surface area contributed by atoms with Gasteiger partial charge in [0.2, 0.25) is 0 Å². The highest BCUT2D eigenvalue weighted by molar-refractivity contribution is 6.16. The van der Waals surface area contributed by atoms with Crippen LogP contribution in [-0.4, -0.2) is 9.13 Å². The summed E-state index contributed by atoms with van der Waals surface area (Å²) in [5.41, 5.74) is 13.4. The van der Waals surface area contributed by atoms with Gasteiger partial charge in [-0.25, -0.2) is 0 Å². The predicted octanol–water partition coefficient (Wildman–Crippen LogP) is 13.1.